The molecule has 0 saturated heterocycles. The summed E-state index contributed by atoms with van der Waals surface area (Å²) in [6.45, 7) is 6.10. The van der Waals surface area contributed by atoms with E-state index >= 15 is 0 Å². The van der Waals surface area contributed by atoms with Gasteiger partial charge in [0.2, 0.25) is 0 Å². The Bertz CT molecular complexity index is 1130. The second-order valence-electron chi connectivity index (χ2n) is 7.36. The van der Waals surface area contributed by atoms with E-state index in [0.717, 1.165) is 0 Å². The van der Waals surface area contributed by atoms with Gasteiger partial charge in [0.1, 0.15) is 29.8 Å². The van der Waals surface area contributed by atoms with Crippen molar-refractivity contribution < 1.29 is 14.3 Å². The number of benzene rings is 1. The Morgan fingerprint density at radius 2 is 2.11 bits per heavy atom. The van der Waals surface area contributed by atoms with Crippen LogP contribution in [-0.4, -0.2) is 44.4 Å². The molecule has 0 spiro atoms. The van der Waals surface area contributed by atoms with Crippen LogP contribution >= 0.6 is 0 Å². The highest BCUT2D eigenvalue weighted by molar-refractivity contribution is 5.91. The van der Waals surface area contributed by atoms with Crippen molar-refractivity contribution in [3.05, 3.63) is 35.0 Å². The molecule has 0 bridgehead atoms. The average molecular weight is 384 g/mol. The summed E-state index contributed by atoms with van der Waals surface area (Å²) >= 11 is 0. The summed E-state index contributed by atoms with van der Waals surface area (Å²) in [6, 6.07) is 5.10. The second kappa shape index (κ2) is 6.25. The monoisotopic (exact) mass is 384 g/mol. The van der Waals surface area contributed by atoms with E-state index in [1.165, 1.54) is 15.8 Å². The molecule has 1 aromatic carbocycles. The van der Waals surface area contributed by atoms with Crippen molar-refractivity contribution >= 4 is 28.8 Å². The quantitative estimate of drug-likeness (QED) is 0.655. The van der Waals surface area contributed by atoms with E-state index in [-0.39, 0.29) is 5.82 Å². The molecule has 146 valence electrons. The van der Waals surface area contributed by atoms with Crippen LogP contribution in [0.4, 0.5) is 16.3 Å². The maximum absolute atomic E-state index is 12.6. The first-order chi connectivity index (χ1) is 13.2. The van der Waals surface area contributed by atoms with Crippen LogP contribution in [0.25, 0.3) is 16.9 Å². The minimum atomic E-state index is -0.630. The van der Waals surface area contributed by atoms with E-state index in [0.29, 0.717) is 41.4 Å². The number of nitrogens with zero attached hydrogens (tertiary/aromatic N) is 4. The lowest BCUT2D eigenvalue weighted by molar-refractivity contribution is 0.0568. The van der Waals surface area contributed by atoms with Gasteiger partial charge in [0.25, 0.3) is 0 Å². The molecule has 3 heterocycles. The highest BCUT2D eigenvalue weighted by atomic mass is 16.6. The van der Waals surface area contributed by atoms with Crippen molar-refractivity contribution in [2.24, 2.45) is 0 Å². The minimum Gasteiger partial charge on any atom is -0.490 e. The van der Waals surface area contributed by atoms with Crippen molar-refractivity contribution in [2.45, 2.75) is 26.4 Å². The Labute approximate surface area is 159 Å². The van der Waals surface area contributed by atoms with Gasteiger partial charge in [-0.2, -0.15) is 0 Å². The summed E-state index contributed by atoms with van der Waals surface area (Å²) in [6.07, 6.45) is 0.808. The molecule has 1 aliphatic rings. The van der Waals surface area contributed by atoms with E-state index in [1.807, 2.05) is 0 Å². The second-order valence-corrected chi connectivity index (χ2v) is 7.36. The fraction of sp³-hybridized carbons (Fsp3) is 0.333. The molecular formula is C18H20N6O4. The minimum absolute atomic E-state index is 0.178. The largest absolute Gasteiger partial charge is 0.490 e. The molecule has 0 saturated carbocycles. The fourth-order valence-corrected chi connectivity index (χ4v) is 3.03. The molecule has 10 nitrogen and oxygen atoms in total. The van der Waals surface area contributed by atoms with Crippen LogP contribution in [0.3, 0.4) is 0 Å². The molecule has 4 rings (SSSR count). The number of nitrogens with two attached hydrogens (primary N) is 1. The number of aromatic amines is 1. The van der Waals surface area contributed by atoms with Crippen molar-refractivity contribution in [1.29, 1.82) is 0 Å². The third-order valence-electron chi connectivity index (χ3n) is 4.18. The van der Waals surface area contributed by atoms with Crippen LogP contribution in [0, 0.1) is 0 Å². The van der Waals surface area contributed by atoms with E-state index in [2.05, 4.69) is 15.0 Å². The molecule has 3 N–H and O–H groups in total. The fourth-order valence-electron chi connectivity index (χ4n) is 3.03. The summed E-state index contributed by atoms with van der Waals surface area (Å²) in [4.78, 5) is 37.3. The Morgan fingerprint density at radius 3 is 2.86 bits per heavy atom. The van der Waals surface area contributed by atoms with Gasteiger partial charge in [-0.3, -0.25) is 4.90 Å². The summed E-state index contributed by atoms with van der Waals surface area (Å²) in [5.74, 6) is 0.709. The SMILES string of the molecule is CC(C)(C)OC(=O)N1CCOc2ccc(-n3c(=O)[nH]c4c(N)ncnc43)cc21. The standard InChI is InChI=1S/C18H20N6O4/c1-18(2,3)28-17(26)23-6-7-27-12-5-4-10(8-11(12)23)24-15-13(22-16(24)25)14(19)20-9-21-15/h4-5,8-9H,6-7H2,1-3H3,(H,22,25)(H2,19,20,21). The predicted molar refractivity (Wildman–Crippen MR) is 103 cm³/mol. The number of carbonyl (C=O) groups is 1. The van der Waals surface area contributed by atoms with Gasteiger partial charge in [0.15, 0.2) is 11.5 Å². The number of nitrogen functional groups attached to an aromatic ring is 1. The number of hydrogen-bond donors (Lipinski definition) is 2. The van der Waals surface area contributed by atoms with Gasteiger partial charge in [-0.05, 0) is 39.0 Å². The van der Waals surface area contributed by atoms with E-state index < -0.39 is 17.4 Å². The third-order valence-corrected chi connectivity index (χ3v) is 4.18. The highest BCUT2D eigenvalue weighted by Crippen LogP contribution is 2.34. The number of hydrogen-bond acceptors (Lipinski definition) is 7. The van der Waals surface area contributed by atoms with Gasteiger partial charge in [-0.25, -0.2) is 24.1 Å². The number of carbonyl (C=O) groups excluding carboxylic acids is 1. The lowest BCUT2D eigenvalue weighted by Crippen LogP contribution is -2.41. The summed E-state index contributed by atoms with van der Waals surface area (Å²) in [5, 5.41) is 0. The number of fused-ring (bicyclic) bond motifs is 2. The molecule has 1 aliphatic heterocycles. The van der Waals surface area contributed by atoms with Gasteiger partial charge in [0.05, 0.1) is 17.9 Å². The number of aromatic nitrogens is 4. The van der Waals surface area contributed by atoms with Crippen molar-refractivity contribution in [1.82, 2.24) is 19.5 Å². The topological polar surface area (TPSA) is 128 Å². The van der Waals surface area contributed by atoms with Crippen molar-refractivity contribution in [2.75, 3.05) is 23.8 Å². The van der Waals surface area contributed by atoms with Gasteiger partial charge < -0.3 is 20.2 Å². The normalized spacial score (nSPS) is 13.9. The Kier molecular flexibility index (Phi) is 3.98. The van der Waals surface area contributed by atoms with E-state index in [9.17, 15) is 9.59 Å². The van der Waals surface area contributed by atoms with E-state index in [1.54, 1.807) is 39.0 Å². The molecule has 10 heteroatoms. The number of H-pyrrole nitrogens is 1. The van der Waals surface area contributed by atoms with Crippen LogP contribution in [0.15, 0.2) is 29.3 Å². The molecule has 0 fully saturated rings. The predicted octanol–water partition coefficient (Wildman–Crippen LogP) is 1.82. The third kappa shape index (κ3) is 3.02. The zero-order valence-electron chi connectivity index (χ0n) is 15.7. The van der Waals surface area contributed by atoms with Crippen LogP contribution in [0.5, 0.6) is 5.75 Å². The molecule has 0 radical (unpaired) electrons. The molecule has 0 atom stereocenters. The van der Waals surface area contributed by atoms with Gasteiger partial charge in [-0.1, -0.05) is 0 Å². The van der Waals surface area contributed by atoms with Crippen molar-refractivity contribution in [3.63, 3.8) is 0 Å². The summed E-state index contributed by atoms with van der Waals surface area (Å²) < 4.78 is 12.5. The lowest BCUT2D eigenvalue weighted by atomic mass is 10.2. The van der Waals surface area contributed by atoms with Gasteiger partial charge >= 0.3 is 11.8 Å². The molecule has 0 unspecified atom stereocenters. The smallest absolute Gasteiger partial charge is 0.415 e. The zero-order chi connectivity index (χ0) is 20.1. The Hall–Kier alpha value is -3.56. The Morgan fingerprint density at radius 1 is 1.32 bits per heavy atom. The highest BCUT2D eigenvalue weighted by Gasteiger charge is 2.29. The van der Waals surface area contributed by atoms with Crippen molar-refractivity contribution in [3.8, 4) is 11.4 Å². The van der Waals surface area contributed by atoms with Crippen LogP contribution in [0.1, 0.15) is 20.8 Å². The maximum Gasteiger partial charge on any atom is 0.415 e. The molecule has 1 amide bonds. The number of nitrogens with one attached hydrogen (secondary N) is 1. The number of imidazole rings is 1. The van der Waals surface area contributed by atoms with E-state index in [4.69, 9.17) is 15.2 Å². The first-order valence-corrected chi connectivity index (χ1v) is 8.73. The molecule has 3 aromatic rings. The molecular weight excluding hydrogens is 364 g/mol. The lowest BCUT2D eigenvalue weighted by Gasteiger charge is -2.31. The first-order valence-electron chi connectivity index (χ1n) is 8.73. The molecule has 0 aliphatic carbocycles. The maximum atomic E-state index is 12.6. The van der Waals surface area contributed by atoms with Crippen LogP contribution in [0.2, 0.25) is 0 Å². The van der Waals surface area contributed by atoms with Gasteiger partial charge in [-0.15, -0.1) is 0 Å². The summed E-state index contributed by atoms with van der Waals surface area (Å²) in [7, 11) is 0. The first kappa shape index (κ1) is 17.8. The number of anilines is 2. The summed E-state index contributed by atoms with van der Waals surface area (Å²) in [5.41, 5.74) is 6.50. The molecule has 2 aromatic heterocycles. The molecule has 28 heavy (non-hydrogen) atoms. The van der Waals surface area contributed by atoms with Crippen LogP contribution < -0.4 is 21.1 Å². The number of rotatable bonds is 1. The van der Waals surface area contributed by atoms with Crippen LogP contribution in [-0.2, 0) is 4.74 Å². The number of ether oxygens (including phenoxy) is 2. The number of amides is 1. The van der Waals surface area contributed by atoms with Gasteiger partial charge in [0, 0.05) is 0 Å². The Balaban J connectivity index is 1.82. The zero-order valence-corrected chi connectivity index (χ0v) is 15.7. The average Bonchev–Trinajstić information content (AvgIpc) is 2.96.